The van der Waals surface area contributed by atoms with Crippen LogP contribution in [0.5, 0.6) is 5.75 Å². The van der Waals surface area contributed by atoms with Gasteiger partial charge in [0.2, 0.25) is 5.95 Å². The number of aromatic nitrogens is 2. The second-order valence-electron chi connectivity index (χ2n) is 6.04. The maximum Gasteiger partial charge on any atom is 0.419 e. The van der Waals surface area contributed by atoms with Crippen molar-refractivity contribution >= 4 is 11.9 Å². The fourth-order valence-corrected chi connectivity index (χ4v) is 2.71. The summed E-state index contributed by atoms with van der Waals surface area (Å²) in [6.45, 7) is 0.00454. The van der Waals surface area contributed by atoms with Gasteiger partial charge in [0.15, 0.2) is 5.75 Å². The van der Waals surface area contributed by atoms with Crippen molar-refractivity contribution in [3.8, 4) is 5.75 Å². The standard InChI is InChI=1S/C17H15F4N5O2/c18-14-10(2-1-3-11(14)17(19,20)21)15(28)26-5-4-13(12(22)8-26)25-16-23-6-9(27)7-24-16/h1-3,6-7,27H,4-5,8,22H2,(H,23,24,25). The molecule has 1 aliphatic heterocycles. The molecule has 2 heterocycles. The number of hydrogen-bond donors (Lipinski definition) is 3. The third kappa shape index (κ3) is 3.97. The third-order valence-electron chi connectivity index (χ3n) is 4.10. The van der Waals surface area contributed by atoms with E-state index in [-0.39, 0.29) is 36.9 Å². The molecule has 7 nitrogen and oxygen atoms in total. The number of benzene rings is 1. The van der Waals surface area contributed by atoms with Crippen molar-refractivity contribution in [3.05, 3.63) is 58.9 Å². The van der Waals surface area contributed by atoms with Crippen molar-refractivity contribution < 1.29 is 27.5 Å². The Bertz CT molecular complexity index is 928. The fourth-order valence-electron chi connectivity index (χ4n) is 2.71. The van der Waals surface area contributed by atoms with E-state index in [0.29, 0.717) is 11.8 Å². The molecule has 0 unspecified atom stereocenters. The van der Waals surface area contributed by atoms with Crippen molar-refractivity contribution in [1.29, 1.82) is 0 Å². The van der Waals surface area contributed by atoms with Gasteiger partial charge in [-0.25, -0.2) is 14.4 Å². The Hall–Kier alpha value is -3.37. The largest absolute Gasteiger partial charge is 0.505 e. The summed E-state index contributed by atoms with van der Waals surface area (Å²) >= 11 is 0. The average molecular weight is 397 g/mol. The molecule has 28 heavy (non-hydrogen) atoms. The Morgan fingerprint density at radius 1 is 1.25 bits per heavy atom. The lowest BCUT2D eigenvalue weighted by molar-refractivity contribution is -0.140. The first-order chi connectivity index (χ1) is 13.2. The molecule has 0 saturated heterocycles. The molecular weight excluding hydrogens is 382 g/mol. The predicted octanol–water partition coefficient (Wildman–Crippen LogP) is 2.47. The number of alkyl halides is 3. The van der Waals surface area contributed by atoms with Crippen LogP contribution in [0.15, 0.2) is 42.0 Å². The second-order valence-corrected chi connectivity index (χ2v) is 6.04. The molecule has 0 radical (unpaired) electrons. The number of carbonyl (C=O) groups excluding carboxylic acids is 1. The molecule has 2 aromatic rings. The summed E-state index contributed by atoms with van der Waals surface area (Å²) in [6.07, 6.45) is -2.30. The van der Waals surface area contributed by atoms with Crippen LogP contribution in [0, 0.1) is 5.82 Å². The van der Waals surface area contributed by atoms with Gasteiger partial charge in [0.25, 0.3) is 5.91 Å². The van der Waals surface area contributed by atoms with E-state index in [1.807, 2.05) is 0 Å². The Morgan fingerprint density at radius 3 is 2.54 bits per heavy atom. The van der Waals surface area contributed by atoms with E-state index < -0.39 is 29.0 Å². The molecule has 0 aliphatic carbocycles. The van der Waals surface area contributed by atoms with Gasteiger partial charge in [-0.2, -0.15) is 13.2 Å². The van der Waals surface area contributed by atoms with Gasteiger partial charge in [-0.15, -0.1) is 0 Å². The number of rotatable bonds is 3. The van der Waals surface area contributed by atoms with Crippen LogP contribution in [0.1, 0.15) is 22.3 Å². The Morgan fingerprint density at radius 2 is 1.93 bits per heavy atom. The molecule has 1 amide bonds. The average Bonchev–Trinajstić information content (AvgIpc) is 2.64. The maximum atomic E-state index is 14.2. The van der Waals surface area contributed by atoms with Gasteiger partial charge in [0.1, 0.15) is 5.82 Å². The highest BCUT2D eigenvalue weighted by atomic mass is 19.4. The highest BCUT2D eigenvalue weighted by Gasteiger charge is 2.36. The topological polar surface area (TPSA) is 104 Å². The summed E-state index contributed by atoms with van der Waals surface area (Å²) in [5.74, 6) is -2.43. The monoisotopic (exact) mass is 397 g/mol. The number of nitrogens with zero attached hydrogens (tertiary/aromatic N) is 3. The van der Waals surface area contributed by atoms with Crippen LogP contribution in [0.25, 0.3) is 0 Å². The lowest BCUT2D eigenvalue weighted by Gasteiger charge is -2.29. The predicted molar refractivity (Wildman–Crippen MR) is 90.5 cm³/mol. The number of anilines is 1. The molecule has 1 aliphatic rings. The van der Waals surface area contributed by atoms with Crippen molar-refractivity contribution in [1.82, 2.24) is 14.9 Å². The minimum absolute atomic E-state index is 0.102. The summed E-state index contributed by atoms with van der Waals surface area (Å²) in [5, 5.41) is 12.0. The van der Waals surface area contributed by atoms with Crippen LogP contribution in [0.3, 0.4) is 0 Å². The summed E-state index contributed by atoms with van der Waals surface area (Å²) in [7, 11) is 0. The zero-order chi connectivity index (χ0) is 20.5. The highest BCUT2D eigenvalue weighted by molar-refractivity contribution is 5.95. The molecule has 1 aromatic carbocycles. The second kappa shape index (κ2) is 7.33. The van der Waals surface area contributed by atoms with Gasteiger partial charge in [-0.05, 0) is 12.1 Å². The van der Waals surface area contributed by atoms with E-state index in [1.54, 1.807) is 0 Å². The molecular formula is C17H15F4N5O2. The molecule has 0 spiro atoms. The van der Waals surface area contributed by atoms with Crippen molar-refractivity contribution in [2.45, 2.75) is 12.6 Å². The molecule has 4 N–H and O–H groups in total. The molecule has 0 fully saturated rings. The molecule has 1 aromatic heterocycles. The van der Waals surface area contributed by atoms with Crippen LogP contribution in [-0.4, -0.2) is 39.0 Å². The third-order valence-corrected chi connectivity index (χ3v) is 4.10. The fraction of sp³-hybridized carbons (Fsp3) is 0.235. The van der Waals surface area contributed by atoms with Crippen LogP contribution in [0.2, 0.25) is 0 Å². The van der Waals surface area contributed by atoms with E-state index in [2.05, 4.69) is 15.3 Å². The van der Waals surface area contributed by atoms with E-state index in [0.717, 1.165) is 17.0 Å². The summed E-state index contributed by atoms with van der Waals surface area (Å²) < 4.78 is 52.8. The summed E-state index contributed by atoms with van der Waals surface area (Å²) in [5.41, 5.74) is 4.55. The molecule has 0 saturated carbocycles. The number of nitrogens with one attached hydrogen (secondary N) is 1. The number of carbonyl (C=O) groups is 1. The van der Waals surface area contributed by atoms with Gasteiger partial charge in [-0.3, -0.25) is 4.79 Å². The Balaban J connectivity index is 1.77. The zero-order valence-corrected chi connectivity index (χ0v) is 14.3. The summed E-state index contributed by atoms with van der Waals surface area (Å²) in [6, 6.07) is 2.57. The van der Waals surface area contributed by atoms with Gasteiger partial charge < -0.3 is 21.1 Å². The number of aromatic hydroxyl groups is 1. The first-order valence-electron chi connectivity index (χ1n) is 8.07. The minimum atomic E-state index is -4.90. The van der Waals surface area contributed by atoms with E-state index in [4.69, 9.17) is 5.73 Å². The van der Waals surface area contributed by atoms with Crippen molar-refractivity contribution in [2.24, 2.45) is 5.73 Å². The summed E-state index contributed by atoms with van der Waals surface area (Å²) in [4.78, 5) is 21.4. The first kappa shape index (κ1) is 19.4. The van der Waals surface area contributed by atoms with Gasteiger partial charge >= 0.3 is 6.18 Å². The van der Waals surface area contributed by atoms with E-state index >= 15 is 0 Å². The van der Waals surface area contributed by atoms with Crippen LogP contribution in [-0.2, 0) is 6.18 Å². The number of nitrogens with two attached hydrogens (primary N) is 1. The quantitative estimate of drug-likeness (QED) is 0.688. The van der Waals surface area contributed by atoms with Crippen LogP contribution < -0.4 is 11.1 Å². The number of amides is 1. The van der Waals surface area contributed by atoms with Gasteiger partial charge in [0, 0.05) is 24.4 Å². The highest BCUT2D eigenvalue weighted by Crippen LogP contribution is 2.33. The lowest BCUT2D eigenvalue weighted by atomic mass is 10.1. The van der Waals surface area contributed by atoms with Crippen molar-refractivity contribution in [2.75, 3.05) is 18.4 Å². The normalized spacial score (nSPS) is 14.9. The molecule has 148 valence electrons. The number of hydrogen-bond acceptors (Lipinski definition) is 6. The van der Waals surface area contributed by atoms with E-state index in [1.165, 1.54) is 12.4 Å². The molecule has 11 heteroatoms. The molecule has 0 bridgehead atoms. The number of halogens is 4. The van der Waals surface area contributed by atoms with Crippen LogP contribution in [0.4, 0.5) is 23.5 Å². The van der Waals surface area contributed by atoms with Gasteiger partial charge in [-0.1, -0.05) is 6.07 Å². The molecule has 3 rings (SSSR count). The Labute approximate surface area is 156 Å². The lowest BCUT2D eigenvalue weighted by Crippen LogP contribution is -2.40. The zero-order valence-electron chi connectivity index (χ0n) is 14.3. The first-order valence-corrected chi connectivity index (χ1v) is 8.07. The SMILES string of the molecule is NC1=C(Nc2ncc(O)cn2)CCN(C(=O)c2cccc(C(F)(F)F)c2F)C1. The van der Waals surface area contributed by atoms with Crippen LogP contribution >= 0.6 is 0 Å². The van der Waals surface area contributed by atoms with E-state index in [9.17, 15) is 27.5 Å². The smallest absolute Gasteiger partial charge is 0.419 e. The minimum Gasteiger partial charge on any atom is -0.505 e. The molecule has 0 atom stereocenters. The maximum absolute atomic E-state index is 14.2. The van der Waals surface area contributed by atoms with Crippen molar-refractivity contribution in [3.63, 3.8) is 0 Å². The Kier molecular flexibility index (Phi) is 5.08. The van der Waals surface area contributed by atoms with Gasteiger partial charge in [0.05, 0.1) is 30.1 Å².